The summed E-state index contributed by atoms with van der Waals surface area (Å²) in [4.78, 5) is 52.1. The molecule has 3 amide bonds. The maximum absolute atomic E-state index is 12.8. The van der Waals surface area contributed by atoms with E-state index in [0.29, 0.717) is 79.0 Å². The third kappa shape index (κ3) is 39.2. The summed E-state index contributed by atoms with van der Waals surface area (Å²) in [6.07, 6.45) is 12.4. The van der Waals surface area contributed by atoms with Crippen LogP contribution in [0.4, 0.5) is 0 Å². The summed E-state index contributed by atoms with van der Waals surface area (Å²) in [6, 6.07) is 0. The second-order valence-corrected chi connectivity index (χ2v) is 14.5. The van der Waals surface area contributed by atoms with Crippen LogP contribution >= 0.6 is 0 Å². The molecule has 14 nitrogen and oxygen atoms in total. The average Bonchev–Trinajstić information content (AvgIpc) is 3.12. The maximum atomic E-state index is 12.8. The third-order valence-electron chi connectivity index (χ3n) is 8.13. The Kier molecular flexibility index (Phi) is 35.7. The van der Waals surface area contributed by atoms with Gasteiger partial charge in [-0.25, -0.2) is 4.99 Å². The van der Waals surface area contributed by atoms with Gasteiger partial charge in [0, 0.05) is 45.4 Å². The Bertz CT molecular complexity index is 973. The van der Waals surface area contributed by atoms with E-state index in [4.69, 9.17) is 33.5 Å². The molecule has 0 spiro atoms. The predicted octanol–water partition coefficient (Wildman–Crippen LogP) is 5.68. The lowest BCUT2D eigenvalue weighted by Gasteiger charge is -2.17. The fourth-order valence-electron chi connectivity index (χ4n) is 4.86. The Labute approximate surface area is 325 Å². The lowest BCUT2D eigenvalue weighted by molar-refractivity contribution is -0.137. The lowest BCUT2D eigenvalue weighted by atomic mass is 9.93. The van der Waals surface area contributed by atoms with Crippen molar-refractivity contribution < 1.29 is 52.7 Å². The zero-order valence-corrected chi connectivity index (χ0v) is 34.2. The Hall–Kier alpha value is -2.49. The van der Waals surface area contributed by atoms with Gasteiger partial charge >= 0.3 is 5.97 Å². The molecule has 0 unspecified atom stereocenters. The van der Waals surface area contributed by atoms with Gasteiger partial charge in [0.05, 0.1) is 72.7 Å². The standard InChI is InChI=1S/C40H75N3O11/c1-5-6-16-37(45)43-35(18-19-36(44)41-21-15-13-11-9-7-8-10-12-14-17-38(46)47)39(48)42-22-24-50-26-28-52-30-32-54-34-33-53-31-29-51-27-25-49-23-20-40(2,3)4/h5-34H2,1-4H3,(H,41,44)(H,42,48)(H,46,47)/b43-35+. The van der Waals surface area contributed by atoms with Crippen molar-refractivity contribution >= 4 is 29.4 Å². The number of unbranched alkanes of at least 4 members (excludes halogenated alkanes) is 9. The van der Waals surface area contributed by atoms with Crippen molar-refractivity contribution in [3.8, 4) is 0 Å². The van der Waals surface area contributed by atoms with Gasteiger partial charge in [-0.2, -0.15) is 0 Å². The highest BCUT2D eigenvalue weighted by molar-refractivity contribution is 6.40. The van der Waals surface area contributed by atoms with Gasteiger partial charge in [0.15, 0.2) is 0 Å². The van der Waals surface area contributed by atoms with Gasteiger partial charge in [0.2, 0.25) is 11.8 Å². The largest absolute Gasteiger partial charge is 0.481 e. The number of hydrogen-bond acceptors (Lipinski definition) is 10. The molecule has 54 heavy (non-hydrogen) atoms. The van der Waals surface area contributed by atoms with Crippen molar-refractivity contribution in [1.29, 1.82) is 0 Å². The number of hydrogen-bond donors (Lipinski definition) is 3. The third-order valence-corrected chi connectivity index (χ3v) is 8.13. The number of rotatable bonds is 39. The summed E-state index contributed by atoms with van der Waals surface area (Å²) >= 11 is 0. The second-order valence-electron chi connectivity index (χ2n) is 14.5. The van der Waals surface area contributed by atoms with Crippen LogP contribution in [0.5, 0.6) is 0 Å². The number of carboxylic acid groups (broad SMARTS) is 1. The minimum Gasteiger partial charge on any atom is -0.481 e. The first kappa shape index (κ1) is 51.5. The zero-order chi connectivity index (χ0) is 40.0. The molecule has 0 saturated carbocycles. The highest BCUT2D eigenvalue weighted by Gasteiger charge is 2.15. The van der Waals surface area contributed by atoms with Crippen LogP contribution in [0.3, 0.4) is 0 Å². The molecule has 0 aliphatic heterocycles. The predicted molar refractivity (Wildman–Crippen MR) is 210 cm³/mol. The number of nitrogens with zero attached hydrogens (tertiary/aromatic N) is 1. The topological polar surface area (TPSA) is 180 Å². The zero-order valence-electron chi connectivity index (χ0n) is 34.2. The Morgan fingerprint density at radius 1 is 0.519 bits per heavy atom. The van der Waals surface area contributed by atoms with Gasteiger partial charge in [-0.1, -0.05) is 79.1 Å². The summed E-state index contributed by atoms with van der Waals surface area (Å²) in [5, 5.41) is 14.3. The van der Waals surface area contributed by atoms with Crippen molar-refractivity contribution in [1.82, 2.24) is 10.6 Å². The Morgan fingerprint density at radius 2 is 0.981 bits per heavy atom. The van der Waals surface area contributed by atoms with E-state index in [1.54, 1.807) is 0 Å². The van der Waals surface area contributed by atoms with E-state index in [9.17, 15) is 19.2 Å². The maximum Gasteiger partial charge on any atom is 0.303 e. The molecule has 0 rings (SSSR count). The van der Waals surface area contributed by atoms with E-state index < -0.39 is 11.9 Å². The van der Waals surface area contributed by atoms with Gasteiger partial charge in [-0.15, -0.1) is 0 Å². The molecule has 14 heteroatoms. The summed E-state index contributed by atoms with van der Waals surface area (Å²) in [5.74, 6) is -1.74. The first-order chi connectivity index (χ1) is 26.0. The van der Waals surface area contributed by atoms with Crippen molar-refractivity contribution in [3.05, 3.63) is 0 Å². The fourth-order valence-corrected chi connectivity index (χ4v) is 4.86. The van der Waals surface area contributed by atoms with Crippen molar-refractivity contribution in [2.24, 2.45) is 10.4 Å². The monoisotopic (exact) mass is 774 g/mol. The molecule has 3 N–H and O–H groups in total. The van der Waals surface area contributed by atoms with Crippen molar-refractivity contribution in [2.75, 3.05) is 92.4 Å². The number of amides is 3. The molecule has 0 radical (unpaired) electrons. The minimum atomic E-state index is -0.728. The summed E-state index contributed by atoms with van der Waals surface area (Å²) in [6.45, 7) is 15.1. The number of nitrogens with one attached hydrogen (secondary N) is 2. The fraction of sp³-hybridized carbons (Fsp3) is 0.875. The molecule has 0 heterocycles. The Morgan fingerprint density at radius 3 is 1.46 bits per heavy atom. The number of aliphatic imine (C=N–C) groups is 1. The quantitative estimate of drug-likeness (QED) is 0.0517. The molecular weight excluding hydrogens is 698 g/mol. The molecule has 0 fully saturated rings. The first-order valence-corrected chi connectivity index (χ1v) is 20.4. The van der Waals surface area contributed by atoms with Gasteiger partial charge in [0.25, 0.3) is 5.91 Å². The molecule has 0 aromatic carbocycles. The SMILES string of the molecule is CCCCC(=O)/N=C(\CCC(=O)NCCCCCCCCCCCC(=O)O)C(=O)NCCOCCOCCOCCOCCOCCOCCC(C)(C)C. The first-order valence-electron chi connectivity index (χ1n) is 20.4. The molecule has 316 valence electrons. The van der Waals surface area contributed by atoms with Gasteiger partial charge in [-0.3, -0.25) is 19.2 Å². The van der Waals surface area contributed by atoms with E-state index in [1.165, 1.54) is 0 Å². The van der Waals surface area contributed by atoms with Gasteiger partial charge < -0.3 is 44.2 Å². The summed E-state index contributed by atoms with van der Waals surface area (Å²) in [7, 11) is 0. The average molecular weight is 774 g/mol. The van der Waals surface area contributed by atoms with Gasteiger partial charge in [0.1, 0.15) is 5.71 Å². The van der Waals surface area contributed by atoms with Crippen LogP contribution in [0.25, 0.3) is 0 Å². The normalized spacial score (nSPS) is 11.9. The molecule has 0 atom stereocenters. The summed E-state index contributed by atoms with van der Waals surface area (Å²) in [5.41, 5.74) is 0.340. The van der Waals surface area contributed by atoms with Gasteiger partial charge in [-0.05, 0) is 31.1 Å². The summed E-state index contributed by atoms with van der Waals surface area (Å²) < 4.78 is 33.1. The highest BCUT2D eigenvalue weighted by atomic mass is 16.6. The molecule has 0 aliphatic rings. The second kappa shape index (κ2) is 37.4. The van der Waals surface area contributed by atoms with E-state index in [0.717, 1.165) is 77.2 Å². The van der Waals surface area contributed by atoms with Crippen LogP contribution in [0.15, 0.2) is 4.99 Å². The van der Waals surface area contributed by atoms with E-state index in [2.05, 4.69) is 36.4 Å². The molecular formula is C40H75N3O11. The lowest BCUT2D eigenvalue weighted by Crippen LogP contribution is -2.35. The number of carboxylic acids is 1. The minimum absolute atomic E-state index is 0.0591. The van der Waals surface area contributed by atoms with Crippen LogP contribution in [-0.4, -0.2) is 127 Å². The van der Waals surface area contributed by atoms with Crippen molar-refractivity contribution in [3.63, 3.8) is 0 Å². The van der Waals surface area contributed by atoms with Crippen LogP contribution in [0.1, 0.15) is 130 Å². The Balaban J connectivity index is 3.92. The van der Waals surface area contributed by atoms with Crippen LogP contribution in [0.2, 0.25) is 0 Å². The van der Waals surface area contributed by atoms with E-state index in [1.807, 2.05) is 6.92 Å². The highest BCUT2D eigenvalue weighted by Crippen LogP contribution is 2.17. The molecule has 0 saturated heterocycles. The van der Waals surface area contributed by atoms with Crippen LogP contribution in [-0.2, 0) is 47.6 Å². The number of aliphatic carboxylic acids is 1. The molecule has 0 aliphatic carbocycles. The molecule has 0 bridgehead atoms. The molecule has 0 aromatic heterocycles. The van der Waals surface area contributed by atoms with E-state index >= 15 is 0 Å². The van der Waals surface area contributed by atoms with Crippen LogP contribution in [0, 0.1) is 5.41 Å². The van der Waals surface area contributed by atoms with Crippen molar-refractivity contribution in [2.45, 2.75) is 130 Å². The smallest absolute Gasteiger partial charge is 0.303 e. The number of carbonyl (C=O) groups is 4. The number of carbonyl (C=O) groups excluding carboxylic acids is 3. The molecule has 0 aromatic rings. The van der Waals surface area contributed by atoms with E-state index in [-0.39, 0.29) is 61.8 Å². The van der Waals surface area contributed by atoms with Crippen LogP contribution < -0.4 is 10.6 Å². The number of ether oxygens (including phenoxy) is 6.